The maximum atomic E-state index is 13.2. The summed E-state index contributed by atoms with van der Waals surface area (Å²) in [6.45, 7) is -0.148. The van der Waals surface area contributed by atoms with Crippen LogP contribution in [-0.4, -0.2) is 30.8 Å². The molecule has 0 spiro atoms. The van der Waals surface area contributed by atoms with Gasteiger partial charge < -0.3 is 15.2 Å². The number of aliphatic carboxylic acids is 1. The molecule has 0 aliphatic rings. The van der Waals surface area contributed by atoms with Crippen LogP contribution in [-0.2, 0) is 9.53 Å². The Morgan fingerprint density at radius 1 is 1.56 bits per heavy atom. The van der Waals surface area contributed by atoms with Gasteiger partial charge in [-0.05, 0) is 18.2 Å². The zero-order chi connectivity index (χ0) is 12.1. The summed E-state index contributed by atoms with van der Waals surface area (Å²) in [5.41, 5.74) is -0.204. The lowest BCUT2D eigenvalue weighted by molar-refractivity contribution is -0.139. The smallest absolute Gasteiger partial charge is 0.328 e. The fourth-order valence-corrected chi connectivity index (χ4v) is 1.14. The van der Waals surface area contributed by atoms with Crippen LogP contribution in [0.25, 0.3) is 0 Å². The molecule has 0 fully saturated rings. The molecule has 1 aromatic rings. The highest BCUT2D eigenvalue weighted by molar-refractivity contribution is 5.77. The second-order valence-electron chi connectivity index (χ2n) is 3.11. The number of carbonyl (C=O) groups is 1. The summed E-state index contributed by atoms with van der Waals surface area (Å²) in [4.78, 5) is 10.7. The van der Waals surface area contributed by atoms with Gasteiger partial charge in [-0.15, -0.1) is 0 Å². The van der Waals surface area contributed by atoms with Crippen LogP contribution in [0.5, 0.6) is 0 Å². The number of rotatable bonds is 5. The van der Waals surface area contributed by atoms with Crippen molar-refractivity contribution in [2.45, 2.75) is 6.04 Å². The van der Waals surface area contributed by atoms with Crippen molar-refractivity contribution in [1.82, 2.24) is 0 Å². The van der Waals surface area contributed by atoms with Gasteiger partial charge in [-0.3, -0.25) is 0 Å². The Morgan fingerprint density at radius 3 is 2.81 bits per heavy atom. The first-order valence-electron chi connectivity index (χ1n) is 4.48. The van der Waals surface area contributed by atoms with E-state index in [4.69, 9.17) is 5.11 Å². The summed E-state index contributed by atoms with van der Waals surface area (Å²) >= 11 is 0. The largest absolute Gasteiger partial charge is 0.480 e. The first-order chi connectivity index (χ1) is 7.54. The Hall–Kier alpha value is -1.69. The van der Waals surface area contributed by atoms with Crippen LogP contribution in [0.3, 0.4) is 0 Å². The average molecular weight is 231 g/mol. The molecule has 88 valence electrons. The van der Waals surface area contributed by atoms with Crippen molar-refractivity contribution in [3.8, 4) is 0 Å². The first-order valence-corrected chi connectivity index (χ1v) is 4.48. The molecule has 1 unspecified atom stereocenters. The van der Waals surface area contributed by atoms with Crippen molar-refractivity contribution in [1.29, 1.82) is 0 Å². The number of nitrogens with one attached hydrogen (secondary N) is 1. The average Bonchev–Trinajstić information content (AvgIpc) is 2.22. The fraction of sp³-hybridized carbons (Fsp3) is 0.300. The predicted octanol–water partition coefficient (Wildman–Crippen LogP) is 1.48. The van der Waals surface area contributed by atoms with Gasteiger partial charge >= 0.3 is 5.97 Å². The summed E-state index contributed by atoms with van der Waals surface area (Å²) in [5.74, 6) is -2.57. The minimum atomic E-state index is -1.20. The normalized spacial score (nSPS) is 12.2. The SMILES string of the molecule is COCC(Nc1cc(F)ccc1F)C(=O)O. The van der Waals surface area contributed by atoms with E-state index < -0.39 is 23.6 Å². The quantitative estimate of drug-likeness (QED) is 0.805. The number of hydrogen-bond acceptors (Lipinski definition) is 3. The van der Waals surface area contributed by atoms with Gasteiger partial charge in [-0.25, -0.2) is 13.6 Å². The van der Waals surface area contributed by atoms with Gasteiger partial charge in [0.1, 0.15) is 17.7 Å². The lowest BCUT2D eigenvalue weighted by atomic mass is 10.2. The molecule has 4 nitrogen and oxygen atoms in total. The van der Waals surface area contributed by atoms with Crippen LogP contribution in [0.1, 0.15) is 0 Å². The van der Waals surface area contributed by atoms with E-state index in [1.54, 1.807) is 0 Å². The molecular formula is C10H11F2NO3. The van der Waals surface area contributed by atoms with Gasteiger partial charge in [0.2, 0.25) is 0 Å². The first kappa shape index (κ1) is 12.4. The Balaban J connectivity index is 2.84. The maximum Gasteiger partial charge on any atom is 0.328 e. The maximum absolute atomic E-state index is 13.2. The van der Waals surface area contributed by atoms with Crippen molar-refractivity contribution >= 4 is 11.7 Å². The van der Waals surface area contributed by atoms with Gasteiger partial charge in [0.25, 0.3) is 0 Å². The van der Waals surface area contributed by atoms with Gasteiger partial charge in [-0.2, -0.15) is 0 Å². The molecule has 6 heteroatoms. The second-order valence-corrected chi connectivity index (χ2v) is 3.11. The Labute approximate surface area is 90.8 Å². The zero-order valence-electron chi connectivity index (χ0n) is 8.54. The highest BCUT2D eigenvalue weighted by atomic mass is 19.1. The Kier molecular flexibility index (Phi) is 4.19. The van der Waals surface area contributed by atoms with Gasteiger partial charge in [-0.1, -0.05) is 0 Å². The minimum absolute atomic E-state index is 0.148. The number of ether oxygens (including phenoxy) is 1. The van der Waals surface area contributed by atoms with Gasteiger partial charge in [0.15, 0.2) is 0 Å². The van der Waals surface area contributed by atoms with E-state index in [1.165, 1.54) is 7.11 Å². The van der Waals surface area contributed by atoms with E-state index in [0.29, 0.717) is 0 Å². The lowest BCUT2D eigenvalue weighted by Gasteiger charge is -2.15. The van der Waals surface area contributed by atoms with Crippen molar-refractivity contribution in [3.05, 3.63) is 29.8 Å². The summed E-state index contributed by atoms with van der Waals surface area (Å²) in [6.07, 6.45) is 0. The lowest BCUT2D eigenvalue weighted by Crippen LogP contribution is -2.33. The van der Waals surface area contributed by atoms with Crippen LogP contribution in [0.4, 0.5) is 14.5 Å². The summed E-state index contributed by atoms with van der Waals surface area (Å²) in [6, 6.07) is 1.64. The van der Waals surface area contributed by atoms with Crippen LogP contribution in [0.15, 0.2) is 18.2 Å². The van der Waals surface area contributed by atoms with Crippen LogP contribution < -0.4 is 5.32 Å². The number of carboxylic acids is 1. The van der Waals surface area contributed by atoms with Crippen LogP contribution in [0.2, 0.25) is 0 Å². The minimum Gasteiger partial charge on any atom is -0.480 e. The van der Waals surface area contributed by atoms with Crippen LogP contribution >= 0.6 is 0 Å². The molecule has 0 aliphatic carbocycles. The number of hydrogen-bond donors (Lipinski definition) is 2. The Bertz CT molecular complexity index is 384. The standard InChI is InChI=1S/C10H11F2NO3/c1-16-5-9(10(14)15)13-8-4-6(11)2-3-7(8)12/h2-4,9,13H,5H2,1H3,(H,14,15). The monoisotopic (exact) mass is 231 g/mol. The molecule has 0 saturated carbocycles. The highest BCUT2D eigenvalue weighted by Crippen LogP contribution is 2.16. The van der Waals surface area contributed by atoms with E-state index in [9.17, 15) is 13.6 Å². The molecule has 0 saturated heterocycles. The van der Waals surface area contributed by atoms with E-state index in [2.05, 4.69) is 10.1 Å². The Morgan fingerprint density at radius 2 is 2.25 bits per heavy atom. The number of halogens is 2. The molecular weight excluding hydrogens is 220 g/mol. The third-order valence-electron chi connectivity index (χ3n) is 1.89. The molecule has 0 heterocycles. The van der Waals surface area contributed by atoms with Gasteiger partial charge in [0.05, 0.1) is 12.3 Å². The zero-order valence-corrected chi connectivity index (χ0v) is 8.54. The third kappa shape index (κ3) is 3.16. The van der Waals surface area contributed by atoms with Crippen molar-refractivity contribution in [3.63, 3.8) is 0 Å². The molecule has 0 bridgehead atoms. The van der Waals surface area contributed by atoms with E-state index in [-0.39, 0.29) is 12.3 Å². The molecule has 0 amide bonds. The molecule has 1 atom stereocenters. The van der Waals surface area contributed by atoms with Gasteiger partial charge in [0, 0.05) is 7.11 Å². The van der Waals surface area contributed by atoms with E-state index in [0.717, 1.165) is 18.2 Å². The van der Waals surface area contributed by atoms with E-state index in [1.807, 2.05) is 0 Å². The third-order valence-corrected chi connectivity index (χ3v) is 1.89. The highest BCUT2D eigenvalue weighted by Gasteiger charge is 2.18. The molecule has 2 N–H and O–H groups in total. The number of carboxylic acid groups (broad SMARTS) is 1. The molecule has 16 heavy (non-hydrogen) atoms. The molecule has 0 aromatic heterocycles. The summed E-state index contributed by atoms with van der Waals surface area (Å²) in [5, 5.41) is 11.1. The predicted molar refractivity (Wildman–Crippen MR) is 53.3 cm³/mol. The van der Waals surface area contributed by atoms with Crippen molar-refractivity contribution in [2.75, 3.05) is 19.0 Å². The molecule has 0 radical (unpaired) electrons. The number of benzene rings is 1. The fourth-order valence-electron chi connectivity index (χ4n) is 1.14. The van der Waals surface area contributed by atoms with E-state index >= 15 is 0 Å². The molecule has 0 aliphatic heterocycles. The summed E-state index contributed by atoms with van der Waals surface area (Å²) < 4.78 is 30.6. The number of methoxy groups -OCH3 is 1. The van der Waals surface area contributed by atoms with Crippen molar-refractivity contribution in [2.24, 2.45) is 0 Å². The second kappa shape index (κ2) is 5.41. The van der Waals surface area contributed by atoms with Crippen molar-refractivity contribution < 1.29 is 23.4 Å². The van der Waals surface area contributed by atoms with Crippen LogP contribution in [0, 0.1) is 11.6 Å². The molecule has 1 rings (SSSR count). The topological polar surface area (TPSA) is 58.6 Å². The summed E-state index contributed by atoms with van der Waals surface area (Å²) in [7, 11) is 1.32. The number of anilines is 1. The molecule has 1 aromatic carbocycles.